The van der Waals surface area contributed by atoms with Crippen molar-refractivity contribution in [3.63, 3.8) is 0 Å². The highest BCUT2D eigenvalue weighted by Gasteiger charge is 2.40. The molecular formula is C15H22FN3O. The van der Waals surface area contributed by atoms with Gasteiger partial charge in [0.05, 0.1) is 0 Å². The van der Waals surface area contributed by atoms with E-state index in [-0.39, 0.29) is 23.2 Å². The number of hydrogen-bond acceptors (Lipinski definition) is 3. The Morgan fingerprint density at radius 3 is 2.80 bits per heavy atom. The first-order valence-electron chi connectivity index (χ1n) is 6.87. The third kappa shape index (κ3) is 2.38. The van der Waals surface area contributed by atoms with E-state index in [1.54, 1.807) is 12.1 Å². The number of benzene rings is 1. The van der Waals surface area contributed by atoms with E-state index in [0.717, 1.165) is 17.7 Å². The lowest BCUT2D eigenvalue weighted by molar-refractivity contribution is -0.122. The van der Waals surface area contributed by atoms with Gasteiger partial charge in [0.1, 0.15) is 11.9 Å². The minimum Gasteiger partial charge on any atom is -0.354 e. The number of amides is 1. The number of rotatable bonds is 2. The fraction of sp³-hybridized carbons (Fsp3) is 0.533. The molecule has 20 heavy (non-hydrogen) atoms. The third-order valence-corrected chi connectivity index (χ3v) is 4.15. The molecule has 4 nitrogen and oxygen atoms in total. The molecule has 1 aromatic carbocycles. The molecule has 1 aliphatic rings. The highest BCUT2D eigenvalue weighted by Crippen LogP contribution is 2.44. The van der Waals surface area contributed by atoms with E-state index < -0.39 is 6.04 Å². The van der Waals surface area contributed by atoms with Crippen LogP contribution >= 0.6 is 0 Å². The summed E-state index contributed by atoms with van der Waals surface area (Å²) in [6, 6.07) is 4.34. The SMILES string of the molecule is CC1CC(C)(C)N(C(C)C(=O)NN)c2ccc(F)cc21. The average Bonchev–Trinajstić information content (AvgIpc) is 2.37. The van der Waals surface area contributed by atoms with E-state index >= 15 is 0 Å². The van der Waals surface area contributed by atoms with Crippen molar-refractivity contribution in [2.24, 2.45) is 5.84 Å². The normalized spacial score (nSPS) is 22.1. The molecule has 5 heteroatoms. The van der Waals surface area contributed by atoms with Crippen LogP contribution in [0.1, 0.15) is 45.6 Å². The van der Waals surface area contributed by atoms with Crippen molar-refractivity contribution in [1.82, 2.24) is 5.43 Å². The second kappa shape index (κ2) is 5.05. The van der Waals surface area contributed by atoms with Gasteiger partial charge in [0.25, 0.3) is 5.91 Å². The number of anilines is 1. The third-order valence-electron chi connectivity index (χ3n) is 4.15. The molecule has 0 fully saturated rings. The Bertz CT molecular complexity index is 530. The number of carbonyl (C=O) groups is 1. The summed E-state index contributed by atoms with van der Waals surface area (Å²) in [4.78, 5) is 13.9. The van der Waals surface area contributed by atoms with Gasteiger partial charge in [0.2, 0.25) is 0 Å². The molecule has 1 heterocycles. The number of fused-ring (bicyclic) bond motifs is 1. The van der Waals surface area contributed by atoms with E-state index in [4.69, 9.17) is 5.84 Å². The quantitative estimate of drug-likeness (QED) is 0.496. The Morgan fingerprint density at radius 2 is 2.20 bits per heavy atom. The molecule has 0 saturated heterocycles. The van der Waals surface area contributed by atoms with Gasteiger partial charge in [0, 0.05) is 11.2 Å². The summed E-state index contributed by atoms with van der Waals surface area (Å²) in [5.74, 6) is 5.01. The number of nitrogens with zero attached hydrogens (tertiary/aromatic N) is 1. The van der Waals surface area contributed by atoms with E-state index in [0.29, 0.717) is 0 Å². The van der Waals surface area contributed by atoms with Gasteiger partial charge in [-0.05, 0) is 56.9 Å². The number of hydrazine groups is 1. The van der Waals surface area contributed by atoms with Crippen LogP contribution in [-0.2, 0) is 4.79 Å². The average molecular weight is 279 g/mol. The molecule has 0 saturated carbocycles. The standard InChI is InChI=1S/C15H22FN3O/c1-9-8-15(3,4)19(10(2)14(20)18-17)13-6-5-11(16)7-12(9)13/h5-7,9-10H,8,17H2,1-4H3,(H,18,20). The summed E-state index contributed by atoms with van der Waals surface area (Å²) in [6.07, 6.45) is 0.853. The number of nitrogens with two attached hydrogens (primary N) is 1. The zero-order valence-electron chi connectivity index (χ0n) is 12.4. The summed E-state index contributed by atoms with van der Waals surface area (Å²) in [6.45, 7) is 8.09. The van der Waals surface area contributed by atoms with Crippen molar-refractivity contribution >= 4 is 11.6 Å². The minimum absolute atomic E-state index is 0.198. The van der Waals surface area contributed by atoms with Gasteiger partial charge in [0.15, 0.2) is 0 Å². The van der Waals surface area contributed by atoms with E-state index in [1.807, 2.05) is 11.8 Å². The van der Waals surface area contributed by atoms with Gasteiger partial charge in [-0.2, -0.15) is 0 Å². The molecule has 0 spiro atoms. The number of carbonyl (C=O) groups excluding carboxylic acids is 1. The first-order valence-corrected chi connectivity index (χ1v) is 6.87. The predicted molar refractivity (Wildman–Crippen MR) is 77.8 cm³/mol. The van der Waals surface area contributed by atoms with Crippen LogP contribution in [0.25, 0.3) is 0 Å². The highest BCUT2D eigenvalue weighted by atomic mass is 19.1. The second-order valence-corrected chi connectivity index (χ2v) is 6.18. The smallest absolute Gasteiger partial charge is 0.256 e. The zero-order valence-corrected chi connectivity index (χ0v) is 12.4. The van der Waals surface area contributed by atoms with Crippen LogP contribution in [0, 0.1) is 5.82 Å². The molecule has 2 rings (SSSR count). The molecule has 1 amide bonds. The maximum absolute atomic E-state index is 13.5. The lowest BCUT2D eigenvalue weighted by Gasteiger charge is -2.49. The van der Waals surface area contributed by atoms with Crippen molar-refractivity contribution in [1.29, 1.82) is 0 Å². The molecule has 1 aliphatic heterocycles. The van der Waals surface area contributed by atoms with Gasteiger partial charge in [-0.15, -0.1) is 0 Å². The molecule has 0 bridgehead atoms. The van der Waals surface area contributed by atoms with E-state index in [2.05, 4.69) is 26.2 Å². The molecule has 110 valence electrons. The van der Waals surface area contributed by atoms with Crippen LogP contribution in [0.15, 0.2) is 18.2 Å². The Labute approximate surface area is 119 Å². The van der Waals surface area contributed by atoms with Crippen molar-refractivity contribution in [3.8, 4) is 0 Å². The molecular weight excluding hydrogens is 257 g/mol. The minimum atomic E-state index is -0.410. The molecule has 3 N–H and O–H groups in total. The van der Waals surface area contributed by atoms with E-state index in [9.17, 15) is 9.18 Å². The fourth-order valence-electron chi connectivity index (χ4n) is 3.39. The van der Waals surface area contributed by atoms with Crippen molar-refractivity contribution < 1.29 is 9.18 Å². The first-order chi connectivity index (χ1) is 9.27. The Kier molecular flexibility index (Phi) is 3.73. The second-order valence-electron chi connectivity index (χ2n) is 6.18. The monoisotopic (exact) mass is 279 g/mol. The molecule has 0 radical (unpaired) electrons. The number of hydrogen-bond donors (Lipinski definition) is 2. The molecule has 1 aromatic rings. The molecule has 2 atom stereocenters. The van der Waals surface area contributed by atoms with Crippen LogP contribution in [-0.4, -0.2) is 17.5 Å². The summed E-state index contributed by atoms with van der Waals surface area (Å²) >= 11 is 0. The van der Waals surface area contributed by atoms with Gasteiger partial charge in [-0.3, -0.25) is 10.2 Å². The van der Waals surface area contributed by atoms with Crippen LogP contribution in [0.5, 0.6) is 0 Å². The van der Waals surface area contributed by atoms with Gasteiger partial charge < -0.3 is 4.90 Å². The topological polar surface area (TPSA) is 58.4 Å². The van der Waals surface area contributed by atoms with Crippen molar-refractivity contribution in [3.05, 3.63) is 29.6 Å². The largest absolute Gasteiger partial charge is 0.354 e. The number of halogens is 1. The summed E-state index contributed by atoms with van der Waals surface area (Å²) in [5.41, 5.74) is 3.85. The van der Waals surface area contributed by atoms with Crippen LogP contribution < -0.4 is 16.2 Å². The Hall–Kier alpha value is -1.62. The predicted octanol–water partition coefficient (Wildman–Crippen LogP) is 2.30. The number of nitrogens with one attached hydrogen (secondary N) is 1. The summed E-state index contributed by atoms with van der Waals surface area (Å²) in [7, 11) is 0. The van der Waals surface area contributed by atoms with E-state index in [1.165, 1.54) is 6.07 Å². The van der Waals surface area contributed by atoms with Crippen LogP contribution in [0.4, 0.5) is 10.1 Å². The zero-order chi connectivity index (χ0) is 15.1. The molecule has 0 aromatic heterocycles. The lowest BCUT2D eigenvalue weighted by Crippen LogP contribution is -2.58. The summed E-state index contributed by atoms with van der Waals surface area (Å²) in [5, 5.41) is 0. The van der Waals surface area contributed by atoms with Crippen LogP contribution in [0.2, 0.25) is 0 Å². The highest BCUT2D eigenvalue weighted by molar-refractivity contribution is 5.85. The van der Waals surface area contributed by atoms with Crippen molar-refractivity contribution in [2.75, 3.05) is 4.90 Å². The van der Waals surface area contributed by atoms with Gasteiger partial charge >= 0.3 is 0 Å². The maximum atomic E-state index is 13.5. The van der Waals surface area contributed by atoms with Gasteiger partial charge in [-0.25, -0.2) is 10.2 Å². The maximum Gasteiger partial charge on any atom is 0.256 e. The molecule has 0 aliphatic carbocycles. The lowest BCUT2D eigenvalue weighted by atomic mass is 9.79. The Balaban J connectivity index is 2.54. The van der Waals surface area contributed by atoms with Crippen molar-refractivity contribution in [2.45, 2.75) is 51.6 Å². The fourth-order valence-corrected chi connectivity index (χ4v) is 3.39. The van der Waals surface area contributed by atoms with Crippen LogP contribution in [0.3, 0.4) is 0 Å². The van der Waals surface area contributed by atoms with Gasteiger partial charge in [-0.1, -0.05) is 6.92 Å². The first kappa shape index (κ1) is 14.8. The Morgan fingerprint density at radius 1 is 1.55 bits per heavy atom. The molecule has 2 unspecified atom stereocenters. The summed E-state index contributed by atoms with van der Waals surface area (Å²) < 4.78 is 13.5.